The van der Waals surface area contributed by atoms with Crippen LogP contribution in [0.15, 0.2) is 24.3 Å². The van der Waals surface area contributed by atoms with Crippen LogP contribution in [-0.4, -0.2) is 45.0 Å². The first kappa shape index (κ1) is 40.6. The van der Waals surface area contributed by atoms with Crippen molar-refractivity contribution in [3.8, 4) is 11.4 Å². The monoisotopic (exact) mass is 705 g/mol. The Morgan fingerprint density at radius 1 is 0.647 bits per heavy atom. The lowest BCUT2D eigenvalue weighted by Gasteiger charge is -2.32. The van der Waals surface area contributed by atoms with Crippen molar-refractivity contribution in [2.24, 2.45) is 0 Å². The standard InChI is InChI=1S/C43H68N4O4/c1-4-6-8-10-12-14-16-18-20-25-29-50-41(48)36-31-35(40-44-39-34-38(45-47(39)46-40)43(3)27-23-22-24-28-43)32-37(33-36)42(49)51-30-26-21-19-17-15-13-11-9-7-5-2/h31-34,45H,4-30H2,1-3H3. The topological polar surface area (TPSA) is 98.6 Å². The number of nitrogens with one attached hydrogen (secondary N) is 1. The molecule has 8 heteroatoms. The minimum atomic E-state index is -0.436. The van der Waals surface area contributed by atoms with E-state index in [4.69, 9.17) is 19.6 Å². The molecule has 4 rings (SSSR count). The molecule has 0 radical (unpaired) electrons. The molecule has 3 aromatic rings. The molecule has 0 unspecified atom stereocenters. The molecular weight excluding hydrogens is 636 g/mol. The molecule has 1 aliphatic carbocycles. The van der Waals surface area contributed by atoms with Crippen LogP contribution in [0.2, 0.25) is 0 Å². The number of aromatic amines is 1. The fraction of sp³-hybridized carbons (Fsp3) is 0.721. The second-order valence-corrected chi connectivity index (χ2v) is 15.4. The van der Waals surface area contributed by atoms with E-state index in [0.29, 0.717) is 35.7 Å². The van der Waals surface area contributed by atoms with Gasteiger partial charge in [-0.2, -0.15) is 4.63 Å². The summed E-state index contributed by atoms with van der Waals surface area (Å²) in [6.45, 7) is 7.55. The second kappa shape index (κ2) is 22.7. The van der Waals surface area contributed by atoms with Gasteiger partial charge in [-0.1, -0.05) is 156 Å². The molecule has 1 N–H and O–H groups in total. The van der Waals surface area contributed by atoms with Gasteiger partial charge >= 0.3 is 11.9 Å². The predicted molar refractivity (Wildman–Crippen MR) is 207 cm³/mol. The van der Waals surface area contributed by atoms with Gasteiger partial charge in [0, 0.05) is 22.7 Å². The summed E-state index contributed by atoms with van der Waals surface area (Å²) < 4.78 is 13.1. The molecule has 0 amide bonds. The number of fused-ring (bicyclic) bond motifs is 1. The predicted octanol–water partition coefficient (Wildman–Crippen LogP) is 12.1. The van der Waals surface area contributed by atoms with Crippen molar-refractivity contribution >= 4 is 17.6 Å². The van der Waals surface area contributed by atoms with Crippen LogP contribution < -0.4 is 0 Å². The second-order valence-electron chi connectivity index (χ2n) is 15.4. The van der Waals surface area contributed by atoms with Crippen LogP contribution >= 0.6 is 0 Å². The number of nitrogens with zero attached hydrogens (tertiary/aromatic N) is 3. The first-order chi connectivity index (χ1) is 24.9. The van der Waals surface area contributed by atoms with Gasteiger partial charge in [-0.15, -0.1) is 5.10 Å². The molecule has 2 aromatic heterocycles. The van der Waals surface area contributed by atoms with Gasteiger partial charge < -0.3 is 9.47 Å². The highest BCUT2D eigenvalue weighted by atomic mass is 16.5. The van der Waals surface area contributed by atoms with Crippen LogP contribution in [0.25, 0.3) is 17.0 Å². The quantitative estimate of drug-likeness (QED) is 0.0659. The first-order valence-corrected chi connectivity index (χ1v) is 20.9. The number of hydrogen-bond donors (Lipinski definition) is 1. The number of hydrogen-bond acceptors (Lipinski definition) is 6. The number of carbonyl (C=O) groups is 2. The minimum absolute atomic E-state index is 0.101. The van der Waals surface area contributed by atoms with E-state index in [2.05, 4.69) is 31.9 Å². The molecule has 1 fully saturated rings. The number of rotatable bonds is 26. The van der Waals surface area contributed by atoms with Gasteiger partial charge in [0.05, 0.1) is 24.3 Å². The van der Waals surface area contributed by atoms with Crippen molar-refractivity contribution in [2.45, 2.75) is 187 Å². The van der Waals surface area contributed by atoms with Crippen LogP contribution in [0.3, 0.4) is 0 Å². The lowest BCUT2D eigenvalue weighted by Crippen LogP contribution is -2.25. The van der Waals surface area contributed by atoms with Crippen molar-refractivity contribution in [3.63, 3.8) is 0 Å². The number of ether oxygens (including phenoxy) is 2. The van der Waals surface area contributed by atoms with E-state index in [1.165, 1.54) is 109 Å². The van der Waals surface area contributed by atoms with Crippen LogP contribution in [0.4, 0.5) is 0 Å². The molecule has 0 spiro atoms. The van der Waals surface area contributed by atoms with E-state index < -0.39 is 11.9 Å². The normalized spacial score (nSPS) is 14.3. The molecule has 0 saturated heterocycles. The van der Waals surface area contributed by atoms with Crippen LogP contribution in [0.1, 0.15) is 208 Å². The maximum atomic E-state index is 13.3. The van der Waals surface area contributed by atoms with Gasteiger partial charge in [-0.25, -0.2) is 14.6 Å². The Labute approximate surface area is 308 Å². The highest BCUT2D eigenvalue weighted by molar-refractivity contribution is 5.97. The van der Waals surface area contributed by atoms with Gasteiger partial charge in [0.1, 0.15) is 0 Å². The zero-order chi connectivity index (χ0) is 36.2. The van der Waals surface area contributed by atoms with Crippen molar-refractivity contribution in [1.29, 1.82) is 0 Å². The van der Waals surface area contributed by atoms with Gasteiger partial charge in [0.15, 0.2) is 11.5 Å². The van der Waals surface area contributed by atoms with E-state index >= 15 is 0 Å². The summed E-state index contributed by atoms with van der Waals surface area (Å²) in [6, 6.07) is 7.15. The molecule has 8 nitrogen and oxygen atoms in total. The Hall–Kier alpha value is -3.16. The fourth-order valence-electron chi connectivity index (χ4n) is 7.48. The Morgan fingerprint density at radius 2 is 1.10 bits per heavy atom. The molecular formula is C43H68N4O4. The average molecular weight is 705 g/mol. The third-order valence-electron chi connectivity index (χ3n) is 10.9. The van der Waals surface area contributed by atoms with Crippen LogP contribution in [-0.2, 0) is 14.9 Å². The van der Waals surface area contributed by atoms with Crippen molar-refractivity contribution in [1.82, 2.24) is 19.8 Å². The van der Waals surface area contributed by atoms with E-state index in [0.717, 1.165) is 62.7 Å². The summed E-state index contributed by atoms with van der Waals surface area (Å²) in [7, 11) is 0. The number of unbranched alkanes of at least 4 members (excludes halogenated alkanes) is 18. The summed E-state index contributed by atoms with van der Waals surface area (Å²) in [4.78, 5) is 31.4. The number of esters is 2. The zero-order valence-electron chi connectivity index (χ0n) is 32.4. The summed E-state index contributed by atoms with van der Waals surface area (Å²) >= 11 is 0. The first-order valence-electron chi connectivity index (χ1n) is 20.9. The Bertz CT molecular complexity index is 1350. The van der Waals surface area contributed by atoms with Gasteiger partial charge in [-0.3, -0.25) is 5.10 Å². The fourth-order valence-corrected chi connectivity index (χ4v) is 7.48. The highest BCUT2D eigenvalue weighted by Gasteiger charge is 2.31. The number of aromatic nitrogens is 4. The van der Waals surface area contributed by atoms with E-state index in [9.17, 15) is 9.59 Å². The lowest BCUT2D eigenvalue weighted by molar-refractivity contribution is 0.0496. The van der Waals surface area contributed by atoms with Crippen LogP contribution in [0, 0.1) is 0 Å². The molecule has 1 saturated carbocycles. The summed E-state index contributed by atoms with van der Waals surface area (Å²) in [5, 5.41) is 8.20. The van der Waals surface area contributed by atoms with Gasteiger partial charge in [-0.05, 0) is 43.9 Å². The van der Waals surface area contributed by atoms with Gasteiger partial charge in [0.2, 0.25) is 0 Å². The zero-order valence-corrected chi connectivity index (χ0v) is 32.4. The van der Waals surface area contributed by atoms with E-state index in [1.807, 2.05) is 0 Å². The Balaban J connectivity index is 1.33. The van der Waals surface area contributed by atoms with E-state index in [-0.39, 0.29) is 5.41 Å². The van der Waals surface area contributed by atoms with Gasteiger partial charge in [0.25, 0.3) is 0 Å². The molecule has 0 atom stereocenters. The molecule has 284 valence electrons. The maximum absolute atomic E-state index is 13.3. The number of H-pyrrole nitrogens is 1. The summed E-state index contributed by atoms with van der Waals surface area (Å²) in [5.74, 6) is -0.419. The molecule has 2 heterocycles. The summed E-state index contributed by atoms with van der Waals surface area (Å²) in [5.41, 5.74) is 3.22. The number of carbonyl (C=O) groups excluding carboxylic acids is 2. The summed E-state index contributed by atoms with van der Waals surface area (Å²) in [6.07, 6.45) is 30.4. The van der Waals surface area contributed by atoms with Crippen molar-refractivity contribution < 1.29 is 19.1 Å². The highest BCUT2D eigenvalue weighted by Crippen LogP contribution is 2.38. The third kappa shape index (κ3) is 13.7. The largest absolute Gasteiger partial charge is 0.462 e. The van der Waals surface area contributed by atoms with Crippen molar-refractivity contribution in [3.05, 3.63) is 41.1 Å². The van der Waals surface area contributed by atoms with E-state index in [1.54, 1.807) is 22.8 Å². The maximum Gasteiger partial charge on any atom is 0.338 e. The molecule has 51 heavy (non-hydrogen) atoms. The van der Waals surface area contributed by atoms with Crippen molar-refractivity contribution in [2.75, 3.05) is 13.2 Å². The number of benzene rings is 1. The third-order valence-corrected chi connectivity index (χ3v) is 10.9. The Kier molecular flexibility index (Phi) is 18.1. The molecule has 1 aromatic carbocycles. The molecule has 0 bridgehead atoms. The van der Waals surface area contributed by atoms with Crippen LogP contribution in [0.5, 0.6) is 0 Å². The molecule has 0 aliphatic heterocycles. The average Bonchev–Trinajstić information content (AvgIpc) is 3.74. The molecule has 1 aliphatic rings. The lowest BCUT2D eigenvalue weighted by atomic mass is 9.73. The SMILES string of the molecule is CCCCCCCCCCCCOC(=O)c1cc(C(=O)OCCCCCCCCCCCC)cc(-c2nc3cc(C4(C)CCCCC4)[nH]n3n2)c1. The minimum Gasteiger partial charge on any atom is -0.462 e. The smallest absolute Gasteiger partial charge is 0.338 e. The Morgan fingerprint density at radius 3 is 1.55 bits per heavy atom.